The van der Waals surface area contributed by atoms with Crippen molar-refractivity contribution in [2.45, 2.75) is 13.8 Å². The van der Waals surface area contributed by atoms with Gasteiger partial charge in [0.05, 0.1) is 0 Å². The van der Waals surface area contributed by atoms with Gasteiger partial charge in [-0.25, -0.2) is 0 Å². The number of hydrogen-bond donors (Lipinski definition) is 0. The predicted octanol–water partition coefficient (Wildman–Crippen LogP) is 1.87. The molecule has 0 aromatic heterocycles. The number of rotatable bonds is 0. The Balaban J connectivity index is -0.00000000167. The van der Waals surface area contributed by atoms with Gasteiger partial charge in [0.1, 0.15) is 0 Å². The zero-order chi connectivity index (χ0) is 2.00. The molecule has 0 aliphatic heterocycles. The Morgan fingerprint density at radius 1 is 0.800 bits per heavy atom. The van der Waals surface area contributed by atoms with Crippen molar-refractivity contribution < 1.29 is 25.8 Å². The van der Waals surface area contributed by atoms with E-state index in [4.69, 9.17) is 0 Å². The normalized spacial score (nSPS) is 1.20. The Kier molecular flexibility index (Phi) is 328. The van der Waals surface area contributed by atoms with Crippen LogP contribution in [0.25, 0.3) is 0 Å². The van der Waals surface area contributed by atoms with Crippen molar-refractivity contribution in [3.05, 3.63) is 0 Å². The van der Waals surface area contributed by atoms with Gasteiger partial charge in [-0.2, -0.15) is 0 Å². The van der Waals surface area contributed by atoms with Crippen LogP contribution in [0.1, 0.15) is 13.8 Å². The summed E-state index contributed by atoms with van der Waals surface area (Å²) in [5.41, 5.74) is 0. The zero-order valence-corrected chi connectivity index (χ0v) is 8.54. The molecular formula is C2H8Cl2Hf. The third-order valence-corrected chi connectivity index (χ3v) is 0. The molecule has 0 nitrogen and oxygen atoms in total. The van der Waals surface area contributed by atoms with Crippen molar-refractivity contribution >= 4 is 24.8 Å². The van der Waals surface area contributed by atoms with Crippen LogP contribution in [0.5, 0.6) is 0 Å². The maximum absolute atomic E-state index is 2.00. The number of hydrogen-bond acceptors (Lipinski definition) is 0. The van der Waals surface area contributed by atoms with Crippen LogP contribution >= 0.6 is 24.8 Å². The van der Waals surface area contributed by atoms with Crippen molar-refractivity contribution in [1.29, 1.82) is 0 Å². The second-order valence-corrected chi connectivity index (χ2v) is 0. The molecule has 0 rings (SSSR count). The summed E-state index contributed by atoms with van der Waals surface area (Å²) in [5, 5.41) is 0. The van der Waals surface area contributed by atoms with Gasteiger partial charge in [0.25, 0.3) is 0 Å². The van der Waals surface area contributed by atoms with Gasteiger partial charge in [-0.1, -0.05) is 13.8 Å². The fraction of sp³-hybridized carbons (Fsp3) is 1.00. The summed E-state index contributed by atoms with van der Waals surface area (Å²) in [6.07, 6.45) is 0. The Morgan fingerprint density at radius 2 is 0.800 bits per heavy atom. The second kappa shape index (κ2) is 51.3. The molecule has 0 heterocycles. The van der Waals surface area contributed by atoms with E-state index in [1.54, 1.807) is 0 Å². The van der Waals surface area contributed by atoms with Crippen molar-refractivity contribution in [2.75, 3.05) is 0 Å². The van der Waals surface area contributed by atoms with Crippen LogP contribution in [0, 0.1) is 0 Å². The SMILES string of the molecule is CC.Cl.Cl.[Hf]. The smallest absolute Gasteiger partial charge is 0 e. The van der Waals surface area contributed by atoms with Crippen molar-refractivity contribution in [2.24, 2.45) is 0 Å². The minimum absolute atomic E-state index is 0. The molecule has 0 bridgehead atoms. The Morgan fingerprint density at radius 3 is 0.800 bits per heavy atom. The van der Waals surface area contributed by atoms with E-state index in [1.807, 2.05) is 13.8 Å². The van der Waals surface area contributed by atoms with Gasteiger partial charge >= 0.3 is 0 Å². The molecule has 0 aromatic rings. The maximum atomic E-state index is 2.00. The van der Waals surface area contributed by atoms with E-state index in [9.17, 15) is 0 Å². The first-order valence-electron chi connectivity index (χ1n) is 1.00. The molecule has 0 unspecified atom stereocenters. The Bertz CT molecular complexity index is 7.61. The topological polar surface area (TPSA) is 0 Å². The van der Waals surface area contributed by atoms with Crippen LogP contribution in [0.3, 0.4) is 0 Å². The van der Waals surface area contributed by atoms with E-state index < -0.39 is 0 Å². The van der Waals surface area contributed by atoms with Crippen LogP contribution in [-0.4, -0.2) is 0 Å². The Labute approximate surface area is 64.3 Å². The van der Waals surface area contributed by atoms with Crippen LogP contribution in [-0.2, 0) is 25.8 Å². The molecule has 0 aromatic carbocycles. The summed E-state index contributed by atoms with van der Waals surface area (Å²) in [4.78, 5) is 0. The summed E-state index contributed by atoms with van der Waals surface area (Å²) in [6.45, 7) is 4.00. The average Bonchev–Trinajstić information content (AvgIpc) is 1.00. The van der Waals surface area contributed by atoms with E-state index in [1.165, 1.54) is 0 Å². The van der Waals surface area contributed by atoms with Gasteiger partial charge in [0.2, 0.25) is 0 Å². The molecule has 0 radical (unpaired) electrons. The fourth-order valence-corrected chi connectivity index (χ4v) is 0. The molecule has 5 heavy (non-hydrogen) atoms. The van der Waals surface area contributed by atoms with Gasteiger partial charge in [-0.3, -0.25) is 0 Å². The number of halogens is 2. The summed E-state index contributed by atoms with van der Waals surface area (Å²) >= 11 is 0. The van der Waals surface area contributed by atoms with Crippen LogP contribution < -0.4 is 0 Å². The second-order valence-electron chi connectivity index (χ2n) is 0. The predicted molar refractivity (Wildman–Crippen MR) is 25.8 cm³/mol. The van der Waals surface area contributed by atoms with Crippen LogP contribution in [0.4, 0.5) is 0 Å². The minimum Gasteiger partial charge on any atom is -0.147 e. The van der Waals surface area contributed by atoms with Crippen LogP contribution in [0.2, 0.25) is 0 Å². The molecule has 0 N–H and O–H groups in total. The van der Waals surface area contributed by atoms with Crippen molar-refractivity contribution in [3.8, 4) is 0 Å². The summed E-state index contributed by atoms with van der Waals surface area (Å²) in [7, 11) is 0. The summed E-state index contributed by atoms with van der Waals surface area (Å²) in [6, 6.07) is 0. The van der Waals surface area contributed by atoms with Crippen molar-refractivity contribution in [3.63, 3.8) is 0 Å². The largest absolute Gasteiger partial charge is 0.147 e. The average molecular weight is 281 g/mol. The quantitative estimate of drug-likeness (QED) is 0.595. The first-order valence-corrected chi connectivity index (χ1v) is 1.00. The monoisotopic (exact) mass is 282 g/mol. The standard InChI is InChI=1S/C2H6.2ClH.Hf/c1-2;;;/h1-2H3;2*1H;. The molecule has 34 valence electrons. The summed E-state index contributed by atoms with van der Waals surface area (Å²) in [5.74, 6) is 0. The third-order valence-electron chi connectivity index (χ3n) is 0. The zero-order valence-electron chi connectivity index (χ0n) is 3.32. The third kappa shape index (κ3) is 30.9. The maximum Gasteiger partial charge on any atom is 0 e. The molecule has 0 spiro atoms. The van der Waals surface area contributed by atoms with E-state index in [0.717, 1.165) is 0 Å². The van der Waals surface area contributed by atoms with Gasteiger partial charge < -0.3 is 0 Å². The van der Waals surface area contributed by atoms with E-state index in [0.29, 0.717) is 0 Å². The van der Waals surface area contributed by atoms with Crippen LogP contribution in [0.15, 0.2) is 0 Å². The minimum atomic E-state index is 0. The molecule has 0 aliphatic rings. The molecule has 0 saturated carbocycles. The molecule has 0 atom stereocenters. The first kappa shape index (κ1) is 31.9. The molecule has 0 aliphatic carbocycles. The summed E-state index contributed by atoms with van der Waals surface area (Å²) < 4.78 is 0. The van der Waals surface area contributed by atoms with Crippen molar-refractivity contribution in [1.82, 2.24) is 0 Å². The van der Waals surface area contributed by atoms with Gasteiger partial charge in [-0.05, 0) is 0 Å². The van der Waals surface area contributed by atoms with Gasteiger partial charge in [0, 0.05) is 25.8 Å². The first-order chi connectivity index (χ1) is 1.00. The Hall–Kier alpha value is 1.45. The van der Waals surface area contributed by atoms with Gasteiger partial charge in [-0.15, -0.1) is 24.8 Å². The van der Waals surface area contributed by atoms with E-state index in [2.05, 4.69) is 0 Å². The molecule has 0 saturated heterocycles. The molecular weight excluding hydrogens is 273 g/mol. The molecule has 0 fully saturated rings. The van der Waals surface area contributed by atoms with Gasteiger partial charge in [0.15, 0.2) is 0 Å². The fourth-order valence-electron chi connectivity index (χ4n) is 0. The van der Waals surface area contributed by atoms with E-state index in [-0.39, 0.29) is 50.7 Å². The molecule has 3 heteroatoms. The molecule has 0 amide bonds. The van der Waals surface area contributed by atoms with E-state index >= 15 is 0 Å².